The highest BCUT2D eigenvalue weighted by Crippen LogP contribution is 2.48. The number of rotatable bonds is 6. The van der Waals surface area contributed by atoms with Gasteiger partial charge in [-0.25, -0.2) is 4.39 Å². The van der Waals surface area contributed by atoms with Gasteiger partial charge in [0.05, 0.1) is 6.04 Å². The Morgan fingerprint density at radius 2 is 2.00 bits per heavy atom. The third kappa shape index (κ3) is 4.46. The van der Waals surface area contributed by atoms with Gasteiger partial charge in [-0.1, -0.05) is 0 Å². The van der Waals surface area contributed by atoms with E-state index in [-0.39, 0.29) is 29.8 Å². The number of carbonyl (C=O) groups is 1. The van der Waals surface area contributed by atoms with Gasteiger partial charge in [0.15, 0.2) is 6.61 Å². The molecule has 2 aliphatic rings. The Morgan fingerprint density at radius 1 is 1.27 bits per heavy atom. The van der Waals surface area contributed by atoms with Crippen LogP contribution in [0.3, 0.4) is 0 Å². The SMILES string of the molecule is COCc1nnc(C2CC3(CCN(C(=O)COc4ccc(F)cc4)CC3)CN2C)o1. The zero-order valence-corrected chi connectivity index (χ0v) is 17.3. The summed E-state index contributed by atoms with van der Waals surface area (Å²) < 4.78 is 29.3. The van der Waals surface area contributed by atoms with Crippen molar-refractivity contribution < 1.29 is 23.1 Å². The minimum Gasteiger partial charge on any atom is -0.484 e. The predicted octanol–water partition coefficient (Wildman–Crippen LogP) is 2.42. The molecule has 1 atom stereocenters. The van der Waals surface area contributed by atoms with Crippen LogP contribution in [0.2, 0.25) is 0 Å². The first-order valence-electron chi connectivity index (χ1n) is 10.2. The molecule has 2 aliphatic heterocycles. The van der Waals surface area contributed by atoms with Crippen molar-refractivity contribution in [3.05, 3.63) is 41.9 Å². The molecule has 0 saturated carbocycles. The Hall–Kier alpha value is -2.52. The molecule has 0 bridgehead atoms. The van der Waals surface area contributed by atoms with Crippen molar-refractivity contribution in [2.75, 3.05) is 40.4 Å². The van der Waals surface area contributed by atoms with Crippen molar-refractivity contribution in [1.82, 2.24) is 20.0 Å². The molecule has 0 aliphatic carbocycles. The van der Waals surface area contributed by atoms with E-state index in [2.05, 4.69) is 22.1 Å². The maximum absolute atomic E-state index is 13.0. The zero-order valence-electron chi connectivity index (χ0n) is 17.3. The number of piperidine rings is 1. The van der Waals surface area contributed by atoms with Gasteiger partial charge in [-0.15, -0.1) is 10.2 Å². The van der Waals surface area contributed by atoms with Crippen LogP contribution in [0.5, 0.6) is 5.75 Å². The largest absolute Gasteiger partial charge is 0.484 e. The van der Waals surface area contributed by atoms with E-state index in [0.717, 1.165) is 25.8 Å². The molecule has 2 fully saturated rings. The monoisotopic (exact) mass is 418 g/mol. The van der Waals surface area contributed by atoms with E-state index in [1.165, 1.54) is 24.3 Å². The molecular weight excluding hydrogens is 391 g/mol. The summed E-state index contributed by atoms with van der Waals surface area (Å²) in [6.45, 7) is 2.61. The van der Waals surface area contributed by atoms with Crippen LogP contribution < -0.4 is 4.74 Å². The second-order valence-electron chi connectivity index (χ2n) is 8.23. The van der Waals surface area contributed by atoms with Crippen LogP contribution in [0.1, 0.15) is 37.1 Å². The average molecular weight is 418 g/mol. The molecular formula is C21H27FN4O4. The van der Waals surface area contributed by atoms with Gasteiger partial charge in [0.2, 0.25) is 11.8 Å². The van der Waals surface area contributed by atoms with Crippen LogP contribution >= 0.6 is 0 Å². The lowest BCUT2D eigenvalue weighted by atomic mass is 9.76. The fourth-order valence-corrected chi connectivity index (χ4v) is 4.49. The van der Waals surface area contributed by atoms with Crippen LogP contribution in [0.4, 0.5) is 4.39 Å². The molecule has 1 spiro atoms. The highest BCUT2D eigenvalue weighted by Gasteiger charge is 2.46. The van der Waals surface area contributed by atoms with E-state index < -0.39 is 0 Å². The first-order chi connectivity index (χ1) is 14.5. The Balaban J connectivity index is 1.30. The van der Waals surface area contributed by atoms with Gasteiger partial charge < -0.3 is 18.8 Å². The molecule has 30 heavy (non-hydrogen) atoms. The van der Waals surface area contributed by atoms with Crippen molar-refractivity contribution in [3.63, 3.8) is 0 Å². The van der Waals surface area contributed by atoms with E-state index in [0.29, 0.717) is 37.2 Å². The van der Waals surface area contributed by atoms with E-state index in [1.54, 1.807) is 7.11 Å². The highest BCUT2D eigenvalue weighted by atomic mass is 19.1. The number of halogens is 1. The Bertz CT molecular complexity index is 864. The molecule has 1 amide bonds. The van der Waals surface area contributed by atoms with Crippen LogP contribution in [-0.4, -0.2) is 66.3 Å². The molecule has 8 nitrogen and oxygen atoms in total. The van der Waals surface area contributed by atoms with Crippen molar-refractivity contribution in [3.8, 4) is 5.75 Å². The molecule has 1 aromatic carbocycles. The third-order valence-corrected chi connectivity index (χ3v) is 6.13. The number of likely N-dealkylation sites (tertiary alicyclic amines) is 2. The third-order valence-electron chi connectivity index (χ3n) is 6.13. The van der Waals surface area contributed by atoms with Crippen LogP contribution in [-0.2, 0) is 16.1 Å². The molecule has 2 saturated heterocycles. The summed E-state index contributed by atoms with van der Waals surface area (Å²) in [5.41, 5.74) is 0.143. The number of hydrogen-bond acceptors (Lipinski definition) is 7. The summed E-state index contributed by atoms with van der Waals surface area (Å²) >= 11 is 0. The average Bonchev–Trinajstić information content (AvgIpc) is 3.32. The van der Waals surface area contributed by atoms with Crippen molar-refractivity contribution in [1.29, 1.82) is 0 Å². The van der Waals surface area contributed by atoms with Gasteiger partial charge in [-0.05, 0) is 56.0 Å². The first-order valence-corrected chi connectivity index (χ1v) is 10.2. The van der Waals surface area contributed by atoms with Crippen LogP contribution in [0, 0.1) is 11.2 Å². The van der Waals surface area contributed by atoms with Crippen LogP contribution in [0.15, 0.2) is 28.7 Å². The molecule has 3 heterocycles. The number of hydrogen-bond donors (Lipinski definition) is 0. The number of ether oxygens (including phenoxy) is 2. The van der Waals surface area contributed by atoms with Gasteiger partial charge in [0.1, 0.15) is 18.2 Å². The molecule has 9 heteroatoms. The first kappa shape index (κ1) is 20.7. The van der Waals surface area contributed by atoms with Gasteiger partial charge in [0, 0.05) is 26.7 Å². The molecule has 2 aromatic rings. The lowest BCUT2D eigenvalue weighted by Gasteiger charge is -2.39. The molecule has 4 rings (SSSR count). The van der Waals surface area contributed by atoms with Crippen molar-refractivity contribution in [2.24, 2.45) is 5.41 Å². The fourth-order valence-electron chi connectivity index (χ4n) is 4.49. The maximum atomic E-state index is 13.0. The Morgan fingerprint density at radius 3 is 2.70 bits per heavy atom. The normalized spacial score (nSPS) is 21.3. The van der Waals surface area contributed by atoms with E-state index in [1.807, 2.05) is 4.90 Å². The predicted molar refractivity (Wildman–Crippen MR) is 105 cm³/mol. The second kappa shape index (κ2) is 8.69. The standard InChI is InChI=1S/C21H27FN4O4/c1-25-14-21(11-17(25)20-24-23-18(30-20)12-28-2)7-9-26(10-8-21)19(27)13-29-16-5-3-15(22)4-6-16/h3-6,17H,7-14H2,1-2H3. The topological polar surface area (TPSA) is 80.9 Å². The summed E-state index contributed by atoms with van der Waals surface area (Å²) in [5.74, 6) is 1.24. The lowest BCUT2D eigenvalue weighted by Crippen LogP contribution is -2.45. The molecule has 0 N–H and O–H groups in total. The van der Waals surface area contributed by atoms with Crippen LogP contribution in [0.25, 0.3) is 0 Å². The summed E-state index contributed by atoms with van der Waals surface area (Å²) in [4.78, 5) is 16.6. The summed E-state index contributed by atoms with van der Waals surface area (Å²) in [7, 11) is 3.67. The lowest BCUT2D eigenvalue weighted by molar-refractivity contribution is -0.135. The number of carbonyl (C=O) groups excluding carboxylic acids is 1. The van der Waals surface area contributed by atoms with Crippen molar-refractivity contribution in [2.45, 2.75) is 31.9 Å². The summed E-state index contributed by atoms with van der Waals surface area (Å²) in [5, 5.41) is 8.25. The number of amides is 1. The van der Waals surface area contributed by atoms with Crippen molar-refractivity contribution >= 4 is 5.91 Å². The van der Waals surface area contributed by atoms with Gasteiger partial charge >= 0.3 is 0 Å². The van der Waals surface area contributed by atoms with Gasteiger partial charge in [-0.2, -0.15) is 0 Å². The minimum absolute atomic E-state index is 0.0363. The van der Waals surface area contributed by atoms with E-state index >= 15 is 0 Å². The number of methoxy groups -OCH3 is 1. The molecule has 162 valence electrons. The number of benzene rings is 1. The minimum atomic E-state index is -0.328. The van der Waals surface area contributed by atoms with E-state index in [9.17, 15) is 9.18 Å². The summed E-state index contributed by atoms with van der Waals surface area (Å²) in [6, 6.07) is 5.78. The molecule has 0 radical (unpaired) electrons. The maximum Gasteiger partial charge on any atom is 0.260 e. The zero-order chi connectivity index (χ0) is 21.1. The highest BCUT2D eigenvalue weighted by molar-refractivity contribution is 5.77. The van der Waals surface area contributed by atoms with Gasteiger partial charge in [-0.3, -0.25) is 9.69 Å². The fraction of sp³-hybridized carbons (Fsp3) is 0.571. The molecule has 1 aromatic heterocycles. The van der Waals surface area contributed by atoms with Gasteiger partial charge in [0.25, 0.3) is 5.91 Å². The smallest absolute Gasteiger partial charge is 0.260 e. The number of nitrogens with zero attached hydrogens (tertiary/aromatic N) is 4. The quantitative estimate of drug-likeness (QED) is 0.713. The number of aromatic nitrogens is 2. The Kier molecular flexibility index (Phi) is 6.01. The molecule has 1 unspecified atom stereocenters. The summed E-state index contributed by atoms with van der Waals surface area (Å²) in [6.07, 6.45) is 2.79. The van der Waals surface area contributed by atoms with E-state index in [4.69, 9.17) is 13.9 Å². The Labute approximate surface area is 174 Å². The second-order valence-corrected chi connectivity index (χ2v) is 8.23.